The van der Waals surface area contributed by atoms with E-state index >= 15 is 0 Å². The van der Waals surface area contributed by atoms with Crippen LogP contribution in [0.4, 0.5) is 0 Å². The van der Waals surface area contributed by atoms with Crippen LogP contribution in [0.15, 0.2) is 16.9 Å². The maximum absolute atomic E-state index is 12.1. The van der Waals surface area contributed by atoms with Crippen LogP contribution in [0.2, 0.25) is 0 Å². The van der Waals surface area contributed by atoms with Crippen LogP contribution in [0.5, 0.6) is 0 Å². The van der Waals surface area contributed by atoms with Crippen LogP contribution in [-0.2, 0) is 11.3 Å². The van der Waals surface area contributed by atoms with Gasteiger partial charge in [0.25, 0.3) is 11.5 Å². The fraction of sp³-hybridized carbons (Fsp3) is 0.643. The number of aromatic nitrogens is 2. The highest BCUT2D eigenvalue weighted by Crippen LogP contribution is 2.47. The zero-order chi connectivity index (χ0) is 15.3. The fourth-order valence-electron chi connectivity index (χ4n) is 2.20. The third-order valence-corrected chi connectivity index (χ3v) is 3.83. The summed E-state index contributed by atoms with van der Waals surface area (Å²) < 4.78 is 6.13. The lowest BCUT2D eigenvalue weighted by Crippen LogP contribution is -2.33. The highest BCUT2D eigenvalue weighted by atomic mass is 16.5. The van der Waals surface area contributed by atoms with E-state index in [0.29, 0.717) is 26.1 Å². The molecule has 0 spiro atoms. The number of hydrogen-bond donors (Lipinski definition) is 2. The van der Waals surface area contributed by atoms with E-state index in [-0.39, 0.29) is 29.2 Å². The number of methoxy groups -OCH3 is 1. The van der Waals surface area contributed by atoms with Gasteiger partial charge in [-0.3, -0.25) is 9.59 Å². The average molecular weight is 295 g/mol. The summed E-state index contributed by atoms with van der Waals surface area (Å²) in [6.07, 6.45) is 2.75. The van der Waals surface area contributed by atoms with E-state index in [1.807, 2.05) is 0 Å². The molecule has 1 amide bonds. The van der Waals surface area contributed by atoms with Crippen molar-refractivity contribution in [3.8, 4) is 0 Å². The van der Waals surface area contributed by atoms with Gasteiger partial charge in [0.1, 0.15) is 5.69 Å². The third kappa shape index (κ3) is 4.12. The minimum atomic E-state index is -0.301. The van der Waals surface area contributed by atoms with Gasteiger partial charge >= 0.3 is 0 Å². The Balaban J connectivity index is 1.97. The molecule has 1 aliphatic rings. The van der Waals surface area contributed by atoms with Crippen LogP contribution >= 0.6 is 0 Å². The number of rotatable bonds is 8. The van der Waals surface area contributed by atoms with Crippen molar-refractivity contribution >= 4 is 5.91 Å². The SMILES string of the molecule is COCCn1nc(C(=O)NCC2(CCO)CC2)ccc1=O. The lowest BCUT2D eigenvalue weighted by Gasteiger charge is -2.14. The zero-order valence-corrected chi connectivity index (χ0v) is 12.2. The summed E-state index contributed by atoms with van der Waals surface area (Å²) in [5.74, 6) is -0.301. The second-order valence-corrected chi connectivity index (χ2v) is 5.43. The first kappa shape index (κ1) is 15.7. The van der Waals surface area contributed by atoms with Crippen LogP contribution in [0.1, 0.15) is 29.8 Å². The standard InChI is InChI=1S/C14H21N3O4/c1-21-9-7-17-12(19)3-2-11(16-17)13(20)15-10-14(4-5-14)6-8-18/h2-3,18H,4-10H2,1H3,(H,15,20). The Morgan fingerprint density at radius 1 is 1.52 bits per heavy atom. The summed E-state index contributed by atoms with van der Waals surface area (Å²) in [5.41, 5.74) is 0.00240. The van der Waals surface area contributed by atoms with Crippen LogP contribution < -0.4 is 10.9 Å². The molecule has 2 rings (SSSR count). The Hall–Kier alpha value is -1.73. The van der Waals surface area contributed by atoms with Crippen molar-refractivity contribution < 1.29 is 14.6 Å². The normalized spacial score (nSPS) is 15.7. The molecule has 1 aliphatic carbocycles. The Labute approximate surface area is 122 Å². The van der Waals surface area contributed by atoms with Gasteiger partial charge < -0.3 is 15.2 Å². The second kappa shape index (κ2) is 6.82. The first-order valence-electron chi connectivity index (χ1n) is 7.06. The quantitative estimate of drug-likeness (QED) is 0.692. The maximum atomic E-state index is 12.1. The smallest absolute Gasteiger partial charge is 0.271 e. The fourth-order valence-corrected chi connectivity index (χ4v) is 2.20. The molecule has 2 N–H and O–H groups in total. The monoisotopic (exact) mass is 295 g/mol. The van der Waals surface area contributed by atoms with Crippen LogP contribution in [0.3, 0.4) is 0 Å². The van der Waals surface area contributed by atoms with Crippen molar-refractivity contribution in [1.82, 2.24) is 15.1 Å². The van der Waals surface area contributed by atoms with Gasteiger partial charge in [-0.15, -0.1) is 0 Å². The van der Waals surface area contributed by atoms with Gasteiger partial charge in [-0.05, 0) is 30.7 Å². The predicted octanol–water partition coefficient (Wildman–Crippen LogP) is -0.218. The average Bonchev–Trinajstić information content (AvgIpc) is 3.24. The molecular weight excluding hydrogens is 274 g/mol. The molecule has 1 saturated carbocycles. The molecule has 1 fully saturated rings. The number of carbonyl (C=O) groups is 1. The molecule has 116 valence electrons. The summed E-state index contributed by atoms with van der Waals surface area (Å²) in [4.78, 5) is 23.7. The van der Waals surface area contributed by atoms with Gasteiger partial charge in [0, 0.05) is 26.3 Å². The maximum Gasteiger partial charge on any atom is 0.271 e. The zero-order valence-electron chi connectivity index (χ0n) is 12.2. The molecule has 0 radical (unpaired) electrons. The van der Waals surface area contributed by atoms with E-state index in [4.69, 9.17) is 9.84 Å². The van der Waals surface area contributed by atoms with Crippen molar-refractivity contribution in [2.75, 3.05) is 26.9 Å². The second-order valence-electron chi connectivity index (χ2n) is 5.43. The first-order chi connectivity index (χ1) is 10.1. The summed E-state index contributed by atoms with van der Waals surface area (Å²) >= 11 is 0. The van der Waals surface area contributed by atoms with Crippen LogP contribution in [0.25, 0.3) is 0 Å². The van der Waals surface area contributed by atoms with Gasteiger partial charge in [0.2, 0.25) is 0 Å². The third-order valence-electron chi connectivity index (χ3n) is 3.83. The molecule has 0 aromatic carbocycles. The summed E-state index contributed by atoms with van der Waals surface area (Å²) in [6, 6.07) is 2.75. The van der Waals surface area contributed by atoms with E-state index in [1.165, 1.54) is 23.9 Å². The Morgan fingerprint density at radius 2 is 2.29 bits per heavy atom. The van der Waals surface area contributed by atoms with Gasteiger partial charge in [0.05, 0.1) is 13.2 Å². The minimum Gasteiger partial charge on any atom is -0.396 e. The van der Waals surface area contributed by atoms with Gasteiger partial charge in [-0.2, -0.15) is 5.10 Å². The molecule has 0 aliphatic heterocycles. The van der Waals surface area contributed by atoms with Crippen LogP contribution in [-0.4, -0.2) is 47.7 Å². The number of aliphatic hydroxyl groups is 1. The van der Waals surface area contributed by atoms with Gasteiger partial charge in [-0.1, -0.05) is 0 Å². The van der Waals surface area contributed by atoms with Crippen molar-refractivity contribution in [3.05, 3.63) is 28.2 Å². The molecule has 0 saturated heterocycles. The Morgan fingerprint density at radius 3 is 2.90 bits per heavy atom. The Bertz CT molecular complexity index is 551. The number of nitrogens with zero attached hydrogens (tertiary/aromatic N) is 2. The van der Waals surface area contributed by atoms with Crippen molar-refractivity contribution in [1.29, 1.82) is 0 Å². The number of carbonyl (C=O) groups excluding carboxylic acids is 1. The molecule has 7 nitrogen and oxygen atoms in total. The highest BCUT2D eigenvalue weighted by molar-refractivity contribution is 5.92. The van der Waals surface area contributed by atoms with Crippen molar-refractivity contribution in [2.45, 2.75) is 25.8 Å². The summed E-state index contributed by atoms with van der Waals surface area (Å²) in [5, 5.41) is 15.9. The largest absolute Gasteiger partial charge is 0.396 e. The number of aliphatic hydroxyl groups excluding tert-OH is 1. The molecule has 21 heavy (non-hydrogen) atoms. The molecule has 7 heteroatoms. The van der Waals surface area contributed by atoms with Crippen molar-refractivity contribution in [3.63, 3.8) is 0 Å². The number of hydrogen-bond acceptors (Lipinski definition) is 5. The lowest BCUT2D eigenvalue weighted by molar-refractivity contribution is 0.0932. The molecule has 0 bridgehead atoms. The van der Waals surface area contributed by atoms with Gasteiger partial charge in [0.15, 0.2) is 0 Å². The first-order valence-corrected chi connectivity index (χ1v) is 7.06. The van der Waals surface area contributed by atoms with E-state index < -0.39 is 0 Å². The van der Waals surface area contributed by atoms with E-state index in [1.54, 1.807) is 0 Å². The predicted molar refractivity (Wildman–Crippen MR) is 76.1 cm³/mol. The summed E-state index contributed by atoms with van der Waals surface area (Å²) in [7, 11) is 1.54. The van der Waals surface area contributed by atoms with Crippen molar-refractivity contribution in [2.24, 2.45) is 5.41 Å². The number of ether oxygens (including phenoxy) is 1. The van der Waals surface area contributed by atoms with Gasteiger partial charge in [-0.25, -0.2) is 4.68 Å². The topological polar surface area (TPSA) is 93.5 Å². The minimum absolute atomic E-state index is 0.0505. The number of amides is 1. The molecule has 1 aromatic rings. The van der Waals surface area contributed by atoms with E-state index in [9.17, 15) is 9.59 Å². The summed E-state index contributed by atoms with van der Waals surface area (Å²) in [6.45, 7) is 1.34. The molecule has 0 atom stereocenters. The Kier molecular flexibility index (Phi) is 5.08. The molecule has 1 aromatic heterocycles. The highest BCUT2D eigenvalue weighted by Gasteiger charge is 2.41. The van der Waals surface area contributed by atoms with E-state index in [0.717, 1.165) is 12.8 Å². The lowest BCUT2D eigenvalue weighted by atomic mass is 10.0. The van der Waals surface area contributed by atoms with Crippen LogP contribution in [0, 0.1) is 5.41 Å². The molecule has 1 heterocycles. The molecular formula is C14H21N3O4. The number of nitrogens with one attached hydrogen (secondary N) is 1. The van der Waals surface area contributed by atoms with E-state index in [2.05, 4.69) is 10.4 Å². The molecule has 0 unspecified atom stereocenters.